The van der Waals surface area contributed by atoms with E-state index >= 15 is 0 Å². The Morgan fingerprint density at radius 2 is 1.85 bits per heavy atom. The molecule has 2 aliphatic heterocycles. The second-order valence-corrected chi connectivity index (χ2v) is 9.30. The molecule has 0 spiro atoms. The van der Waals surface area contributed by atoms with Crippen molar-refractivity contribution in [2.24, 2.45) is 5.92 Å². The van der Waals surface area contributed by atoms with E-state index in [1.54, 1.807) is 12.3 Å². The van der Waals surface area contributed by atoms with Gasteiger partial charge in [0.1, 0.15) is 11.6 Å². The van der Waals surface area contributed by atoms with E-state index < -0.39 is 0 Å². The molecule has 2 aliphatic rings. The van der Waals surface area contributed by atoms with Gasteiger partial charge in [-0.2, -0.15) is 0 Å². The summed E-state index contributed by atoms with van der Waals surface area (Å²) in [6, 6.07) is 20.9. The van der Waals surface area contributed by atoms with Crippen LogP contribution in [0, 0.1) is 18.7 Å². The number of aromatic nitrogens is 2. The molecule has 6 heteroatoms. The third kappa shape index (κ3) is 3.59. The molecule has 3 heterocycles. The number of benzene rings is 3. The quantitative estimate of drug-likeness (QED) is 0.434. The topological polar surface area (TPSA) is 49.3 Å². The molecule has 2 fully saturated rings. The van der Waals surface area contributed by atoms with Crippen molar-refractivity contribution in [2.45, 2.75) is 19.4 Å². The van der Waals surface area contributed by atoms with Gasteiger partial charge in [-0.1, -0.05) is 48.0 Å². The summed E-state index contributed by atoms with van der Waals surface area (Å²) in [7, 11) is 0. The molecule has 2 atom stereocenters. The maximum atomic E-state index is 13.7. The number of fused-ring (bicyclic) bond motifs is 2. The van der Waals surface area contributed by atoms with Crippen LogP contribution in [0.3, 0.4) is 0 Å². The fourth-order valence-electron chi connectivity index (χ4n) is 5.23. The Balaban J connectivity index is 1.26. The van der Waals surface area contributed by atoms with E-state index in [1.165, 1.54) is 12.1 Å². The van der Waals surface area contributed by atoms with Gasteiger partial charge in [-0.3, -0.25) is 9.78 Å². The molecule has 3 aromatic carbocycles. The summed E-state index contributed by atoms with van der Waals surface area (Å²) in [6.45, 7) is 4.36. The molecule has 0 radical (unpaired) electrons. The number of anilines is 1. The lowest BCUT2D eigenvalue weighted by atomic mass is 9.82. The van der Waals surface area contributed by atoms with Gasteiger partial charge in [0.15, 0.2) is 0 Å². The van der Waals surface area contributed by atoms with Crippen LogP contribution < -0.4 is 4.90 Å². The van der Waals surface area contributed by atoms with Gasteiger partial charge in [-0.25, -0.2) is 9.37 Å². The van der Waals surface area contributed by atoms with E-state index in [1.807, 2.05) is 54.3 Å². The van der Waals surface area contributed by atoms with Crippen LogP contribution in [-0.4, -0.2) is 46.5 Å². The van der Waals surface area contributed by atoms with Gasteiger partial charge in [-0.15, -0.1) is 0 Å². The fourth-order valence-corrected chi connectivity index (χ4v) is 5.23. The van der Waals surface area contributed by atoms with Crippen molar-refractivity contribution in [2.75, 3.05) is 24.5 Å². The highest BCUT2D eigenvalue weighted by molar-refractivity contribution is 6.01. The molecule has 170 valence electrons. The lowest BCUT2D eigenvalue weighted by Gasteiger charge is -2.54. The Morgan fingerprint density at radius 1 is 1.00 bits per heavy atom. The van der Waals surface area contributed by atoms with E-state index in [9.17, 15) is 9.18 Å². The van der Waals surface area contributed by atoms with Gasteiger partial charge in [0, 0.05) is 37.2 Å². The SMILES string of the molecule is Cc1ccc(-c2ccccc2)c(C(=O)N2CC[C@H]3CN(c4cnc5cc(F)ccc5n4)[C@H]3C2)c1. The van der Waals surface area contributed by atoms with E-state index in [2.05, 4.69) is 16.0 Å². The minimum Gasteiger partial charge on any atom is -0.350 e. The summed E-state index contributed by atoms with van der Waals surface area (Å²) >= 11 is 0. The van der Waals surface area contributed by atoms with Crippen LogP contribution in [0.15, 0.2) is 72.9 Å². The molecular weight excluding hydrogens is 427 g/mol. The number of halogens is 1. The highest BCUT2D eigenvalue weighted by Gasteiger charge is 2.44. The zero-order valence-corrected chi connectivity index (χ0v) is 19.0. The van der Waals surface area contributed by atoms with Crippen LogP contribution in [0.1, 0.15) is 22.3 Å². The first kappa shape index (κ1) is 20.8. The monoisotopic (exact) mass is 452 g/mol. The summed E-state index contributed by atoms with van der Waals surface area (Å²) in [4.78, 5) is 27.1. The summed E-state index contributed by atoms with van der Waals surface area (Å²) in [5.74, 6) is 1.09. The molecule has 0 N–H and O–H groups in total. The minimum atomic E-state index is -0.314. The van der Waals surface area contributed by atoms with E-state index in [0.29, 0.717) is 23.5 Å². The summed E-state index contributed by atoms with van der Waals surface area (Å²) in [6.07, 6.45) is 2.69. The predicted octanol–water partition coefficient (Wildman–Crippen LogP) is 5.10. The van der Waals surface area contributed by atoms with Crippen molar-refractivity contribution >= 4 is 22.8 Å². The number of hydrogen-bond acceptors (Lipinski definition) is 4. The third-order valence-corrected chi connectivity index (χ3v) is 7.12. The molecule has 34 heavy (non-hydrogen) atoms. The molecule has 0 bridgehead atoms. The number of nitrogens with zero attached hydrogens (tertiary/aromatic N) is 4. The lowest BCUT2D eigenvalue weighted by Crippen LogP contribution is -2.65. The smallest absolute Gasteiger partial charge is 0.254 e. The number of rotatable bonds is 3. The van der Waals surface area contributed by atoms with E-state index in [4.69, 9.17) is 4.98 Å². The summed E-state index contributed by atoms with van der Waals surface area (Å²) in [5, 5.41) is 0. The average Bonchev–Trinajstić information content (AvgIpc) is 2.85. The average molecular weight is 453 g/mol. The Kier molecular flexibility index (Phi) is 5.01. The van der Waals surface area contributed by atoms with Crippen molar-refractivity contribution in [1.29, 1.82) is 0 Å². The van der Waals surface area contributed by atoms with Gasteiger partial charge in [0.25, 0.3) is 5.91 Å². The Bertz CT molecular complexity index is 1390. The van der Waals surface area contributed by atoms with Crippen LogP contribution in [-0.2, 0) is 0 Å². The lowest BCUT2D eigenvalue weighted by molar-refractivity contribution is 0.0592. The van der Waals surface area contributed by atoms with Crippen molar-refractivity contribution in [3.05, 3.63) is 89.9 Å². The Morgan fingerprint density at radius 3 is 2.71 bits per heavy atom. The molecule has 4 aromatic rings. The van der Waals surface area contributed by atoms with Crippen molar-refractivity contribution in [3.8, 4) is 11.1 Å². The van der Waals surface area contributed by atoms with Gasteiger partial charge in [-0.05, 0) is 42.7 Å². The first-order valence-electron chi connectivity index (χ1n) is 11.7. The molecule has 6 rings (SSSR count). The standard InChI is InChI=1S/C28H25FN4O/c1-18-7-9-22(19-5-3-2-4-6-19)23(13-18)28(34)32-12-11-20-16-33(26(20)17-32)27-15-30-25-14-21(29)8-10-24(25)31-27/h2-10,13-15,20,26H,11-12,16-17H2,1H3/t20-,26-/m0/s1. The van der Waals surface area contributed by atoms with Gasteiger partial charge in [0.2, 0.25) is 0 Å². The molecule has 1 amide bonds. The fraction of sp³-hybridized carbons (Fsp3) is 0.250. The van der Waals surface area contributed by atoms with Crippen LogP contribution in [0.2, 0.25) is 0 Å². The molecule has 5 nitrogen and oxygen atoms in total. The molecule has 2 saturated heterocycles. The van der Waals surface area contributed by atoms with E-state index in [0.717, 1.165) is 47.6 Å². The molecule has 0 aliphatic carbocycles. The summed E-state index contributed by atoms with van der Waals surface area (Å²) < 4.78 is 13.5. The summed E-state index contributed by atoms with van der Waals surface area (Å²) in [5.41, 5.74) is 5.08. The van der Waals surface area contributed by atoms with Crippen molar-refractivity contribution < 1.29 is 9.18 Å². The normalized spacial score (nSPS) is 19.6. The highest BCUT2D eigenvalue weighted by atomic mass is 19.1. The Hall–Kier alpha value is -3.80. The number of carbonyl (C=O) groups excluding carboxylic acids is 1. The van der Waals surface area contributed by atoms with Gasteiger partial charge < -0.3 is 9.80 Å². The first-order chi connectivity index (χ1) is 16.6. The Labute approximate surface area is 197 Å². The highest BCUT2D eigenvalue weighted by Crippen LogP contribution is 2.37. The van der Waals surface area contributed by atoms with Gasteiger partial charge >= 0.3 is 0 Å². The number of likely N-dealkylation sites (tertiary alicyclic amines) is 1. The molecule has 0 saturated carbocycles. The van der Waals surface area contributed by atoms with Crippen molar-refractivity contribution in [3.63, 3.8) is 0 Å². The molecule has 1 aromatic heterocycles. The minimum absolute atomic E-state index is 0.0768. The zero-order chi connectivity index (χ0) is 23.2. The van der Waals surface area contributed by atoms with Crippen molar-refractivity contribution in [1.82, 2.24) is 14.9 Å². The number of piperidine rings is 1. The molecule has 0 unspecified atom stereocenters. The first-order valence-corrected chi connectivity index (χ1v) is 11.7. The number of carbonyl (C=O) groups is 1. The largest absolute Gasteiger partial charge is 0.350 e. The maximum absolute atomic E-state index is 13.7. The predicted molar refractivity (Wildman–Crippen MR) is 131 cm³/mol. The van der Waals surface area contributed by atoms with E-state index in [-0.39, 0.29) is 17.8 Å². The number of hydrogen-bond donors (Lipinski definition) is 0. The van der Waals surface area contributed by atoms with Crippen LogP contribution >= 0.6 is 0 Å². The number of amides is 1. The van der Waals surface area contributed by atoms with Crippen LogP contribution in [0.5, 0.6) is 0 Å². The third-order valence-electron chi connectivity index (χ3n) is 7.12. The van der Waals surface area contributed by atoms with Gasteiger partial charge in [0.05, 0.1) is 23.3 Å². The van der Waals surface area contributed by atoms with Crippen LogP contribution in [0.25, 0.3) is 22.2 Å². The second kappa shape index (κ2) is 8.20. The van der Waals surface area contributed by atoms with Crippen LogP contribution in [0.4, 0.5) is 10.2 Å². The zero-order valence-electron chi connectivity index (χ0n) is 19.0. The second-order valence-electron chi connectivity index (χ2n) is 9.30. The maximum Gasteiger partial charge on any atom is 0.254 e. The number of aryl methyl sites for hydroxylation is 1. The molecular formula is C28H25FN4O.